The van der Waals surface area contributed by atoms with Gasteiger partial charge in [0.15, 0.2) is 5.11 Å². The molecular formula is C14H20N2OS. The van der Waals surface area contributed by atoms with Gasteiger partial charge in [-0.15, -0.1) is 0 Å². The Morgan fingerprint density at radius 3 is 2.67 bits per heavy atom. The molecule has 1 atom stereocenters. The Hall–Kier alpha value is -1.42. The second kappa shape index (κ2) is 7.11. The quantitative estimate of drug-likeness (QED) is 0.820. The molecule has 0 saturated carbocycles. The monoisotopic (exact) mass is 264 g/mol. The summed E-state index contributed by atoms with van der Waals surface area (Å²) in [6.07, 6.45) is 1.50. The summed E-state index contributed by atoms with van der Waals surface area (Å²) < 4.78 is 0. The Kier molecular flexibility index (Phi) is 5.78. The van der Waals surface area contributed by atoms with Crippen molar-refractivity contribution in [1.29, 1.82) is 0 Å². The molecule has 0 aliphatic rings. The van der Waals surface area contributed by atoms with E-state index in [1.54, 1.807) is 0 Å². The lowest BCUT2D eigenvalue weighted by atomic mass is 10.1. The van der Waals surface area contributed by atoms with Crippen molar-refractivity contribution < 1.29 is 4.79 Å². The highest BCUT2D eigenvalue weighted by Gasteiger charge is 2.09. The Morgan fingerprint density at radius 2 is 2.06 bits per heavy atom. The van der Waals surface area contributed by atoms with Crippen molar-refractivity contribution in [3.05, 3.63) is 29.8 Å². The molecule has 0 spiro atoms. The summed E-state index contributed by atoms with van der Waals surface area (Å²) in [5.41, 5.74) is 2.02. The molecule has 0 fully saturated rings. The molecule has 0 aromatic heterocycles. The summed E-state index contributed by atoms with van der Waals surface area (Å²) in [6.45, 7) is 6.12. The summed E-state index contributed by atoms with van der Waals surface area (Å²) in [7, 11) is 0. The van der Waals surface area contributed by atoms with Crippen molar-refractivity contribution in [2.45, 2.75) is 33.6 Å². The first-order valence-corrected chi connectivity index (χ1v) is 6.60. The van der Waals surface area contributed by atoms with Gasteiger partial charge in [-0.3, -0.25) is 4.79 Å². The molecular weight excluding hydrogens is 244 g/mol. The lowest BCUT2D eigenvalue weighted by Crippen LogP contribution is -2.35. The maximum absolute atomic E-state index is 11.7. The zero-order valence-electron chi connectivity index (χ0n) is 11.1. The number of thiocarbonyl (C=S) groups is 1. The van der Waals surface area contributed by atoms with E-state index in [0.29, 0.717) is 17.5 Å². The van der Waals surface area contributed by atoms with E-state index >= 15 is 0 Å². The highest BCUT2D eigenvalue weighted by atomic mass is 32.1. The zero-order chi connectivity index (χ0) is 13.5. The minimum atomic E-state index is -0.0320. The zero-order valence-corrected chi connectivity index (χ0v) is 11.9. The summed E-state index contributed by atoms with van der Waals surface area (Å²) in [5.74, 6) is 0.349. The van der Waals surface area contributed by atoms with Crippen molar-refractivity contribution in [3.63, 3.8) is 0 Å². The smallest absolute Gasteiger partial charge is 0.226 e. The number of carbonyl (C=O) groups excluding carboxylic acids is 1. The molecule has 3 nitrogen and oxygen atoms in total. The first kappa shape index (κ1) is 14.6. The first-order chi connectivity index (χ1) is 8.52. The van der Waals surface area contributed by atoms with Gasteiger partial charge in [0.1, 0.15) is 0 Å². The average molecular weight is 264 g/mol. The molecule has 0 heterocycles. The number of carbonyl (C=O) groups is 1. The lowest BCUT2D eigenvalue weighted by Gasteiger charge is -2.13. The van der Waals surface area contributed by atoms with Crippen LogP contribution in [0.3, 0.4) is 0 Å². The predicted octanol–water partition coefficient (Wildman–Crippen LogP) is 3.24. The fraction of sp³-hybridized carbons (Fsp3) is 0.429. The van der Waals surface area contributed by atoms with Crippen LogP contribution in [-0.2, 0) is 4.79 Å². The van der Waals surface area contributed by atoms with Crippen LogP contribution in [0.4, 0.5) is 5.69 Å². The van der Waals surface area contributed by atoms with Gasteiger partial charge in [0.2, 0.25) is 5.91 Å². The molecule has 1 amide bonds. The van der Waals surface area contributed by atoms with E-state index in [1.165, 1.54) is 0 Å². The van der Waals surface area contributed by atoms with Gasteiger partial charge in [-0.05, 0) is 36.7 Å². The first-order valence-electron chi connectivity index (χ1n) is 6.19. The molecule has 1 aromatic rings. The molecule has 0 saturated heterocycles. The molecule has 0 aliphatic carbocycles. The van der Waals surface area contributed by atoms with Crippen LogP contribution in [0.1, 0.15) is 32.3 Å². The number of benzene rings is 1. The molecule has 98 valence electrons. The molecule has 0 aliphatic heterocycles. The summed E-state index contributed by atoms with van der Waals surface area (Å²) in [5, 5.41) is 6.09. The molecule has 0 unspecified atom stereocenters. The summed E-state index contributed by atoms with van der Waals surface area (Å²) in [4.78, 5) is 11.7. The van der Waals surface area contributed by atoms with E-state index in [4.69, 9.17) is 12.2 Å². The summed E-state index contributed by atoms with van der Waals surface area (Å²) in [6, 6.07) is 7.82. The SMILES string of the molecule is CC[C@H](C)CC(=O)NC(=S)Nc1ccccc1C. The number of hydrogen-bond acceptors (Lipinski definition) is 2. The second-order valence-corrected chi connectivity index (χ2v) is 4.94. The van der Waals surface area contributed by atoms with Crippen LogP contribution >= 0.6 is 12.2 Å². The van der Waals surface area contributed by atoms with E-state index in [-0.39, 0.29) is 5.91 Å². The normalized spacial score (nSPS) is 11.7. The minimum Gasteiger partial charge on any atom is -0.332 e. The standard InChI is InChI=1S/C14H20N2OS/c1-4-10(2)9-13(17)16-14(18)15-12-8-6-5-7-11(12)3/h5-8,10H,4,9H2,1-3H3,(H2,15,16,17,18)/t10-/m0/s1. The average Bonchev–Trinajstić information content (AvgIpc) is 2.31. The van der Waals surface area contributed by atoms with E-state index in [2.05, 4.69) is 24.5 Å². The largest absolute Gasteiger partial charge is 0.332 e. The van der Waals surface area contributed by atoms with Gasteiger partial charge in [0, 0.05) is 12.1 Å². The van der Waals surface area contributed by atoms with Crippen LogP contribution in [0.15, 0.2) is 24.3 Å². The number of aryl methyl sites for hydroxylation is 1. The Balaban J connectivity index is 2.47. The molecule has 1 aromatic carbocycles. The van der Waals surface area contributed by atoms with Crippen LogP contribution < -0.4 is 10.6 Å². The van der Waals surface area contributed by atoms with E-state index in [0.717, 1.165) is 17.7 Å². The van der Waals surface area contributed by atoms with Gasteiger partial charge in [0.05, 0.1) is 0 Å². The van der Waals surface area contributed by atoms with Gasteiger partial charge >= 0.3 is 0 Å². The van der Waals surface area contributed by atoms with Crippen molar-refractivity contribution in [2.75, 3.05) is 5.32 Å². The third-order valence-corrected chi connectivity index (χ3v) is 3.08. The number of nitrogens with one attached hydrogen (secondary N) is 2. The molecule has 4 heteroatoms. The molecule has 0 bridgehead atoms. The van der Waals surface area contributed by atoms with Crippen LogP contribution in [0, 0.1) is 12.8 Å². The van der Waals surface area contributed by atoms with E-state index < -0.39 is 0 Å². The number of amides is 1. The van der Waals surface area contributed by atoms with Gasteiger partial charge in [-0.1, -0.05) is 38.5 Å². The summed E-state index contributed by atoms with van der Waals surface area (Å²) >= 11 is 5.12. The van der Waals surface area contributed by atoms with Gasteiger partial charge in [-0.2, -0.15) is 0 Å². The van der Waals surface area contributed by atoms with Crippen molar-refractivity contribution >= 4 is 28.9 Å². The highest BCUT2D eigenvalue weighted by Crippen LogP contribution is 2.12. The molecule has 18 heavy (non-hydrogen) atoms. The Bertz CT molecular complexity index is 432. The Morgan fingerprint density at radius 1 is 1.39 bits per heavy atom. The maximum Gasteiger partial charge on any atom is 0.226 e. The third-order valence-electron chi connectivity index (χ3n) is 2.88. The topological polar surface area (TPSA) is 41.1 Å². The minimum absolute atomic E-state index is 0.0320. The fourth-order valence-corrected chi connectivity index (χ4v) is 1.73. The number of anilines is 1. The van der Waals surface area contributed by atoms with Gasteiger partial charge < -0.3 is 10.6 Å². The number of rotatable bonds is 4. The van der Waals surface area contributed by atoms with E-state index in [9.17, 15) is 4.79 Å². The lowest BCUT2D eigenvalue weighted by molar-refractivity contribution is -0.120. The van der Waals surface area contributed by atoms with Crippen LogP contribution in [-0.4, -0.2) is 11.0 Å². The molecule has 1 rings (SSSR count). The predicted molar refractivity (Wildman–Crippen MR) is 79.6 cm³/mol. The van der Waals surface area contributed by atoms with Crippen molar-refractivity contribution in [2.24, 2.45) is 5.92 Å². The van der Waals surface area contributed by atoms with Crippen LogP contribution in [0.25, 0.3) is 0 Å². The molecule has 2 N–H and O–H groups in total. The second-order valence-electron chi connectivity index (χ2n) is 4.53. The highest BCUT2D eigenvalue weighted by molar-refractivity contribution is 7.80. The molecule has 0 radical (unpaired) electrons. The van der Waals surface area contributed by atoms with E-state index in [1.807, 2.05) is 31.2 Å². The van der Waals surface area contributed by atoms with Crippen LogP contribution in [0.2, 0.25) is 0 Å². The number of para-hydroxylation sites is 1. The third kappa shape index (κ3) is 4.84. The Labute approximate surface area is 114 Å². The van der Waals surface area contributed by atoms with Crippen molar-refractivity contribution in [3.8, 4) is 0 Å². The number of hydrogen-bond donors (Lipinski definition) is 2. The van der Waals surface area contributed by atoms with Crippen LogP contribution in [0.5, 0.6) is 0 Å². The van der Waals surface area contributed by atoms with Crippen molar-refractivity contribution in [1.82, 2.24) is 5.32 Å². The van der Waals surface area contributed by atoms with Gasteiger partial charge in [-0.25, -0.2) is 0 Å². The fourth-order valence-electron chi connectivity index (χ4n) is 1.51. The van der Waals surface area contributed by atoms with Gasteiger partial charge in [0.25, 0.3) is 0 Å². The maximum atomic E-state index is 11.7.